The molecular weight excluding hydrogens is 264 g/mol. The highest BCUT2D eigenvalue weighted by molar-refractivity contribution is 5.93. The minimum Gasteiger partial charge on any atom is -0.329 e. The van der Waals surface area contributed by atoms with Crippen LogP contribution >= 0.6 is 0 Å². The van der Waals surface area contributed by atoms with E-state index in [1.165, 1.54) is 0 Å². The number of Topliss-reactive ketones (excluding diaryl/α,β-unsaturated/α-hetero) is 1. The Morgan fingerprint density at radius 2 is 1.86 bits per heavy atom. The summed E-state index contributed by atoms with van der Waals surface area (Å²) < 4.78 is 0. The van der Waals surface area contributed by atoms with Crippen LogP contribution in [0.1, 0.15) is 38.3 Å². The number of carbonyl (C=O) groups is 2. The van der Waals surface area contributed by atoms with E-state index in [0.29, 0.717) is 6.54 Å². The fourth-order valence-corrected chi connectivity index (χ4v) is 3.13. The highest BCUT2D eigenvalue weighted by Crippen LogP contribution is 2.33. The molecule has 2 rings (SSSR count). The van der Waals surface area contributed by atoms with E-state index >= 15 is 0 Å². The Morgan fingerprint density at radius 1 is 1.24 bits per heavy atom. The topological polar surface area (TPSA) is 40.6 Å². The summed E-state index contributed by atoms with van der Waals surface area (Å²) in [4.78, 5) is 28.7. The molecule has 1 saturated heterocycles. The Morgan fingerprint density at radius 3 is 2.38 bits per heavy atom. The predicted molar refractivity (Wildman–Crippen MR) is 82.9 cm³/mol. The molecular formula is C17H24N2O2. The first-order valence-corrected chi connectivity index (χ1v) is 7.42. The number of likely N-dealkylation sites (N-methyl/N-ethyl adjacent to an activating group) is 1. The van der Waals surface area contributed by atoms with Gasteiger partial charge in [0.05, 0.1) is 5.54 Å². The normalized spacial score (nSPS) is 23.4. The number of carbonyl (C=O) groups excluding carboxylic acids is 2. The molecule has 4 nitrogen and oxygen atoms in total. The first kappa shape index (κ1) is 15.7. The predicted octanol–water partition coefficient (Wildman–Crippen LogP) is 2.26. The largest absolute Gasteiger partial charge is 0.329 e. The van der Waals surface area contributed by atoms with E-state index in [4.69, 9.17) is 0 Å². The van der Waals surface area contributed by atoms with Crippen LogP contribution in [0.15, 0.2) is 30.3 Å². The maximum atomic E-state index is 13.0. The Balaban J connectivity index is 2.34. The van der Waals surface area contributed by atoms with Crippen molar-refractivity contribution in [3.63, 3.8) is 0 Å². The maximum Gasteiger partial charge on any atom is 0.245 e. The van der Waals surface area contributed by atoms with Gasteiger partial charge in [-0.1, -0.05) is 30.3 Å². The molecule has 2 atom stereocenters. The molecule has 0 radical (unpaired) electrons. The van der Waals surface area contributed by atoms with E-state index in [0.717, 1.165) is 18.4 Å². The van der Waals surface area contributed by atoms with Gasteiger partial charge in [0.1, 0.15) is 6.04 Å². The van der Waals surface area contributed by atoms with Gasteiger partial charge >= 0.3 is 0 Å². The number of ketones is 1. The second-order valence-electron chi connectivity index (χ2n) is 6.20. The zero-order valence-electron chi connectivity index (χ0n) is 13.3. The van der Waals surface area contributed by atoms with Crippen molar-refractivity contribution in [2.24, 2.45) is 0 Å². The van der Waals surface area contributed by atoms with Gasteiger partial charge < -0.3 is 4.90 Å². The molecule has 114 valence electrons. The second-order valence-corrected chi connectivity index (χ2v) is 6.20. The quantitative estimate of drug-likeness (QED) is 0.853. The lowest BCUT2D eigenvalue weighted by atomic mass is 9.93. The Labute approximate surface area is 126 Å². The number of hydrogen-bond donors (Lipinski definition) is 0. The third kappa shape index (κ3) is 2.86. The number of hydrogen-bond acceptors (Lipinski definition) is 3. The van der Waals surface area contributed by atoms with Crippen molar-refractivity contribution in [2.45, 2.75) is 38.3 Å². The summed E-state index contributed by atoms with van der Waals surface area (Å²) in [6.07, 6.45) is 1.64. The molecule has 1 aliphatic heterocycles. The monoisotopic (exact) mass is 288 g/mol. The number of benzene rings is 1. The fourth-order valence-electron chi connectivity index (χ4n) is 3.13. The van der Waals surface area contributed by atoms with Gasteiger partial charge in [-0.2, -0.15) is 0 Å². The van der Waals surface area contributed by atoms with Crippen molar-refractivity contribution in [1.82, 2.24) is 9.80 Å². The van der Waals surface area contributed by atoms with Gasteiger partial charge in [-0.3, -0.25) is 14.5 Å². The Bertz CT molecular complexity index is 527. The molecule has 1 heterocycles. The Hall–Kier alpha value is -1.68. The van der Waals surface area contributed by atoms with E-state index in [1.54, 1.807) is 11.8 Å². The molecule has 0 bridgehead atoms. The molecule has 0 aliphatic carbocycles. The lowest BCUT2D eigenvalue weighted by Crippen LogP contribution is -2.53. The van der Waals surface area contributed by atoms with E-state index in [-0.39, 0.29) is 17.7 Å². The van der Waals surface area contributed by atoms with Crippen molar-refractivity contribution >= 4 is 11.7 Å². The van der Waals surface area contributed by atoms with Gasteiger partial charge in [0, 0.05) is 6.54 Å². The zero-order valence-corrected chi connectivity index (χ0v) is 13.3. The average Bonchev–Trinajstić information content (AvgIpc) is 2.83. The lowest BCUT2D eigenvalue weighted by molar-refractivity contribution is -0.146. The van der Waals surface area contributed by atoms with Crippen LogP contribution < -0.4 is 0 Å². The van der Waals surface area contributed by atoms with E-state index in [1.807, 2.05) is 56.3 Å². The molecule has 1 aromatic rings. The number of nitrogens with zero attached hydrogens (tertiary/aromatic N) is 2. The molecule has 21 heavy (non-hydrogen) atoms. The molecule has 0 saturated carbocycles. The number of likely N-dealkylation sites (tertiary alicyclic amines) is 1. The van der Waals surface area contributed by atoms with Crippen LogP contribution in [0.5, 0.6) is 0 Å². The second kappa shape index (κ2) is 5.98. The van der Waals surface area contributed by atoms with Gasteiger partial charge in [-0.25, -0.2) is 0 Å². The van der Waals surface area contributed by atoms with Gasteiger partial charge in [-0.15, -0.1) is 0 Å². The first-order valence-electron chi connectivity index (χ1n) is 7.42. The molecule has 1 unspecified atom stereocenters. The summed E-state index contributed by atoms with van der Waals surface area (Å²) in [7, 11) is 3.80. The fraction of sp³-hybridized carbons (Fsp3) is 0.529. The van der Waals surface area contributed by atoms with Crippen LogP contribution in [-0.4, -0.2) is 47.7 Å². The Kier molecular flexibility index (Phi) is 4.47. The standard InChI is InChI=1S/C17H24N2O2/c1-13(20)17(2)11-8-12-19(17)16(21)15(18(3)4)14-9-6-5-7-10-14/h5-7,9-10,15H,8,11-12H2,1-4H3/t15-,17?/m1/s1. The molecule has 0 aromatic heterocycles. The smallest absolute Gasteiger partial charge is 0.245 e. The zero-order chi connectivity index (χ0) is 15.6. The summed E-state index contributed by atoms with van der Waals surface area (Å²) in [6, 6.07) is 9.40. The van der Waals surface area contributed by atoms with Gasteiger partial charge in [0.2, 0.25) is 5.91 Å². The van der Waals surface area contributed by atoms with Crippen LogP contribution in [-0.2, 0) is 9.59 Å². The van der Waals surface area contributed by atoms with Crippen LogP contribution in [0.3, 0.4) is 0 Å². The lowest BCUT2D eigenvalue weighted by Gasteiger charge is -2.37. The molecule has 0 spiro atoms. The molecule has 1 fully saturated rings. The van der Waals surface area contributed by atoms with Crippen LogP contribution in [0.2, 0.25) is 0 Å². The van der Waals surface area contributed by atoms with Gasteiger partial charge in [-0.05, 0) is 46.3 Å². The van der Waals surface area contributed by atoms with Crippen molar-refractivity contribution in [3.8, 4) is 0 Å². The SMILES string of the molecule is CC(=O)C1(C)CCCN1C(=O)[C@@H](c1ccccc1)N(C)C. The molecule has 4 heteroatoms. The number of amides is 1. The minimum absolute atomic E-state index is 0.0152. The van der Waals surface area contributed by atoms with Crippen molar-refractivity contribution in [1.29, 1.82) is 0 Å². The summed E-state index contributed by atoms with van der Waals surface area (Å²) in [6.45, 7) is 4.13. The summed E-state index contributed by atoms with van der Waals surface area (Å²) >= 11 is 0. The number of rotatable bonds is 4. The molecule has 1 amide bonds. The maximum absolute atomic E-state index is 13.0. The van der Waals surface area contributed by atoms with Crippen LogP contribution in [0.25, 0.3) is 0 Å². The highest BCUT2D eigenvalue weighted by Gasteiger charge is 2.45. The average molecular weight is 288 g/mol. The molecule has 1 aromatic carbocycles. The van der Waals surface area contributed by atoms with Gasteiger partial charge in [0.15, 0.2) is 5.78 Å². The third-order valence-corrected chi connectivity index (χ3v) is 4.53. The van der Waals surface area contributed by atoms with E-state index in [9.17, 15) is 9.59 Å². The summed E-state index contributed by atoms with van der Waals surface area (Å²) in [5.41, 5.74) is 0.311. The van der Waals surface area contributed by atoms with Gasteiger partial charge in [0.25, 0.3) is 0 Å². The third-order valence-electron chi connectivity index (χ3n) is 4.53. The van der Waals surface area contributed by atoms with Crippen LogP contribution in [0.4, 0.5) is 0 Å². The van der Waals surface area contributed by atoms with E-state index in [2.05, 4.69) is 0 Å². The van der Waals surface area contributed by atoms with E-state index < -0.39 is 5.54 Å². The highest BCUT2D eigenvalue weighted by atomic mass is 16.2. The van der Waals surface area contributed by atoms with Crippen LogP contribution in [0, 0.1) is 0 Å². The van der Waals surface area contributed by atoms with Crippen molar-refractivity contribution in [2.75, 3.05) is 20.6 Å². The minimum atomic E-state index is -0.653. The molecule has 0 N–H and O–H groups in total. The summed E-state index contributed by atoms with van der Waals surface area (Å²) in [5.74, 6) is 0.0836. The van der Waals surface area contributed by atoms with Crippen molar-refractivity contribution in [3.05, 3.63) is 35.9 Å². The molecule has 1 aliphatic rings. The first-order chi connectivity index (χ1) is 9.88. The summed E-state index contributed by atoms with van der Waals surface area (Å²) in [5, 5.41) is 0. The van der Waals surface area contributed by atoms with Crippen molar-refractivity contribution < 1.29 is 9.59 Å².